The van der Waals surface area contributed by atoms with Crippen molar-refractivity contribution in [3.8, 4) is 11.5 Å². The van der Waals surface area contributed by atoms with Crippen LogP contribution in [0.4, 0.5) is 0 Å². The highest BCUT2D eigenvalue weighted by Crippen LogP contribution is 2.37. The van der Waals surface area contributed by atoms with E-state index in [2.05, 4.69) is 0 Å². The first-order valence-electron chi connectivity index (χ1n) is 10.7. The zero-order valence-corrected chi connectivity index (χ0v) is 21.4. The number of carbonyl (C=O) groups is 3. The maximum atomic E-state index is 12.5. The van der Waals surface area contributed by atoms with Gasteiger partial charge in [-0.25, -0.2) is 9.59 Å². The molecule has 2 aromatic carbocycles. The Morgan fingerprint density at radius 2 is 1.34 bits per heavy atom. The van der Waals surface area contributed by atoms with Crippen LogP contribution in [0.25, 0.3) is 5.57 Å². The lowest BCUT2D eigenvalue weighted by molar-refractivity contribution is -0.140. The lowest BCUT2D eigenvalue weighted by Crippen LogP contribution is -2.08. The van der Waals surface area contributed by atoms with Crippen LogP contribution in [0.5, 0.6) is 11.5 Å². The topological polar surface area (TPSA) is 97.4 Å². The number of benzene rings is 2. The molecular formula is C26H29ClO8. The third-order valence-corrected chi connectivity index (χ3v) is 5.60. The molecule has 0 unspecified atom stereocenters. The summed E-state index contributed by atoms with van der Waals surface area (Å²) >= 11 is 6.46. The van der Waals surface area contributed by atoms with E-state index in [9.17, 15) is 14.4 Å². The summed E-state index contributed by atoms with van der Waals surface area (Å²) in [5.41, 5.74) is 3.04. The van der Waals surface area contributed by atoms with Crippen molar-refractivity contribution in [2.75, 3.05) is 35.5 Å². The first kappa shape index (κ1) is 27.7. The van der Waals surface area contributed by atoms with E-state index >= 15 is 0 Å². The van der Waals surface area contributed by atoms with Gasteiger partial charge in [0.1, 0.15) is 16.9 Å². The van der Waals surface area contributed by atoms with E-state index in [1.54, 1.807) is 18.2 Å². The molecule has 0 bridgehead atoms. The first-order chi connectivity index (χ1) is 16.7. The number of rotatable bonds is 10. The molecule has 0 radical (unpaired) electrons. The highest BCUT2D eigenvalue weighted by atomic mass is 35.5. The Morgan fingerprint density at radius 3 is 1.86 bits per heavy atom. The molecular weight excluding hydrogens is 476 g/mol. The first-order valence-corrected chi connectivity index (χ1v) is 11.1. The Kier molecular flexibility index (Phi) is 10.1. The fourth-order valence-electron chi connectivity index (χ4n) is 3.68. The van der Waals surface area contributed by atoms with Gasteiger partial charge in [-0.15, -0.1) is 0 Å². The minimum Gasteiger partial charge on any atom is -0.496 e. The van der Waals surface area contributed by atoms with E-state index in [1.165, 1.54) is 35.5 Å². The lowest BCUT2D eigenvalue weighted by Gasteiger charge is -2.17. The predicted octanol–water partition coefficient (Wildman–Crippen LogP) is 5.01. The largest absolute Gasteiger partial charge is 0.496 e. The molecule has 188 valence electrons. The molecule has 2 rings (SSSR count). The van der Waals surface area contributed by atoms with Crippen molar-refractivity contribution in [3.05, 3.63) is 63.2 Å². The monoisotopic (exact) mass is 504 g/mol. The zero-order chi connectivity index (χ0) is 26.1. The number of allylic oxidation sites excluding steroid dienone is 1. The Morgan fingerprint density at radius 1 is 0.800 bits per heavy atom. The predicted molar refractivity (Wildman–Crippen MR) is 131 cm³/mol. The highest BCUT2D eigenvalue weighted by Gasteiger charge is 2.22. The van der Waals surface area contributed by atoms with E-state index < -0.39 is 11.9 Å². The maximum Gasteiger partial charge on any atom is 0.341 e. The Hall–Kier alpha value is -3.52. The molecule has 0 aliphatic carbocycles. The number of hydrogen-bond acceptors (Lipinski definition) is 8. The van der Waals surface area contributed by atoms with Gasteiger partial charge in [0.05, 0.1) is 40.6 Å². The number of ether oxygens (including phenoxy) is 5. The average Bonchev–Trinajstić information content (AvgIpc) is 2.86. The summed E-state index contributed by atoms with van der Waals surface area (Å²) in [4.78, 5) is 36.4. The van der Waals surface area contributed by atoms with Gasteiger partial charge < -0.3 is 23.7 Å². The molecule has 0 N–H and O–H groups in total. The van der Waals surface area contributed by atoms with Crippen LogP contribution in [0.3, 0.4) is 0 Å². The van der Waals surface area contributed by atoms with E-state index in [4.69, 9.17) is 35.3 Å². The van der Waals surface area contributed by atoms with Gasteiger partial charge in [0.2, 0.25) is 0 Å². The van der Waals surface area contributed by atoms with Gasteiger partial charge in [-0.3, -0.25) is 4.79 Å². The van der Waals surface area contributed by atoms with Crippen molar-refractivity contribution >= 4 is 35.1 Å². The molecule has 2 aromatic rings. The Bertz CT molecular complexity index is 1060. The number of carbonyl (C=O) groups excluding carboxylic acids is 3. The van der Waals surface area contributed by atoms with E-state index in [0.29, 0.717) is 40.9 Å². The summed E-state index contributed by atoms with van der Waals surface area (Å²) in [5.74, 6) is -0.896. The number of aryl methyl sites for hydroxylation is 1. The fourth-order valence-corrected chi connectivity index (χ4v) is 3.97. The van der Waals surface area contributed by atoms with Crippen LogP contribution in [-0.4, -0.2) is 53.5 Å². The van der Waals surface area contributed by atoms with E-state index in [1.807, 2.05) is 19.1 Å². The molecule has 35 heavy (non-hydrogen) atoms. The van der Waals surface area contributed by atoms with Gasteiger partial charge in [0.15, 0.2) is 5.75 Å². The summed E-state index contributed by atoms with van der Waals surface area (Å²) in [6.45, 7) is 1.81. The maximum absolute atomic E-state index is 12.5. The normalized spacial score (nSPS) is 11.0. The molecule has 0 aliphatic heterocycles. The van der Waals surface area contributed by atoms with Crippen LogP contribution >= 0.6 is 11.6 Å². The van der Waals surface area contributed by atoms with E-state index in [-0.39, 0.29) is 34.3 Å². The SMILES string of the molecule is COC(=O)CCC/C=C(/c1cc(C)c(OC)c(C(=O)OC)c1)c1cc(Cl)c(OC)c(C(=O)OC)c1. The molecule has 9 heteroatoms. The number of esters is 3. The quantitative estimate of drug-likeness (QED) is 0.253. The molecule has 0 fully saturated rings. The standard InChI is InChI=1S/C26H29ClO8/c1-15-11-16(12-19(23(15)32-3)25(29)34-5)18(9-7-8-10-22(28)31-2)17-13-20(26(30)35-6)24(33-4)21(27)14-17/h9,11-14H,7-8,10H2,1-6H3/b18-9-. The summed E-state index contributed by atoms with van der Waals surface area (Å²) in [7, 11) is 6.78. The molecule has 0 amide bonds. The third kappa shape index (κ3) is 6.54. The third-order valence-electron chi connectivity index (χ3n) is 5.32. The van der Waals surface area contributed by atoms with Crippen molar-refractivity contribution in [2.45, 2.75) is 26.2 Å². The number of unbranched alkanes of at least 4 members (excludes halogenated alkanes) is 1. The highest BCUT2D eigenvalue weighted by molar-refractivity contribution is 6.33. The van der Waals surface area contributed by atoms with Gasteiger partial charge in [0.25, 0.3) is 0 Å². The molecule has 0 aliphatic rings. The van der Waals surface area contributed by atoms with Crippen molar-refractivity contribution < 1.29 is 38.1 Å². The van der Waals surface area contributed by atoms with Crippen LogP contribution in [0.1, 0.15) is 56.7 Å². The molecule has 8 nitrogen and oxygen atoms in total. The van der Waals surface area contributed by atoms with E-state index in [0.717, 1.165) is 0 Å². The summed E-state index contributed by atoms with van der Waals surface area (Å²) in [5, 5.41) is 0.212. The molecule has 0 atom stereocenters. The number of halogens is 1. The van der Waals surface area contributed by atoms with Gasteiger partial charge in [0, 0.05) is 6.42 Å². The van der Waals surface area contributed by atoms with Gasteiger partial charge in [-0.1, -0.05) is 17.7 Å². The van der Waals surface area contributed by atoms with Crippen molar-refractivity contribution in [3.63, 3.8) is 0 Å². The molecule has 0 heterocycles. The average molecular weight is 505 g/mol. The summed E-state index contributed by atoms with van der Waals surface area (Å²) < 4.78 is 25.3. The van der Waals surface area contributed by atoms with Crippen LogP contribution in [0.15, 0.2) is 30.3 Å². The van der Waals surface area contributed by atoms with Crippen molar-refractivity contribution in [2.24, 2.45) is 0 Å². The molecule has 0 saturated heterocycles. The second-order valence-electron chi connectivity index (χ2n) is 7.48. The number of hydrogen-bond donors (Lipinski definition) is 0. The second kappa shape index (κ2) is 12.8. The minimum atomic E-state index is -0.614. The zero-order valence-electron chi connectivity index (χ0n) is 20.7. The van der Waals surface area contributed by atoms with Crippen LogP contribution in [0.2, 0.25) is 5.02 Å². The smallest absolute Gasteiger partial charge is 0.341 e. The fraction of sp³-hybridized carbons (Fsp3) is 0.346. The second-order valence-corrected chi connectivity index (χ2v) is 7.89. The van der Waals surface area contributed by atoms with Gasteiger partial charge in [-0.2, -0.15) is 0 Å². The minimum absolute atomic E-state index is 0.149. The Balaban J connectivity index is 2.73. The molecule has 0 saturated carbocycles. The van der Waals surface area contributed by atoms with Gasteiger partial charge in [-0.05, 0) is 66.3 Å². The lowest BCUT2D eigenvalue weighted by atomic mass is 9.91. The van der Waals surface area contributed by atoms with Gasteiger partial charge >= 0.3 is 17.9 Å². The van der Waals surface area contributed by atoms with Crippen molar-refractivity contribution in [1.29, 1.82) is 0 Å². The van der Waals surface area contributed by atoms with Crippen molar-refractivity contribution in [1.82, 2.24) is 0 Å². The summed E-state index contributed by atoms with van der Waals surface area (Å²) in [6.07, 6.45) is 3.19. The Labute approximate surface area is 209 Å². The van der Waals surface area contributed by atoms with Crippen LogP contribution in [-0.2, 0) is 19.0 Å². The van der Waals surface area contributed by atoms with Crippen LogP contribution < -0.4 is 9.47 Å². The van der Waals surface area contributed by atoms with Crippen LogP contribution in [0, 0.1) is 6.92 Å². The number of methoxy groups -OCH3 is 5. The molecule has 0 spiro atoms. The summed E-state index contributed by atoms with van der Waals surface area (Å²) in [6, 6.07) is 6.78. The molecule has 0 aromatic heterocycles.